The molecule has 1 aromatic rings. The molecule has 1 heteroatoms. The maximum atomic E-state index is 9.42. The van der Waals surface area contributed by atoms with Crippen LogP contribution in [0.25, 0.3) is 0 Å². The maximum absolute atomic E-state index is 9.42. The summed E-state index contributed by atoms with van der Waals surface area (Å²) >= 11 is 0. The highest BCUT2D eigenvalue weighted by molar-refractivity contribution is 5.40. The highest BCUT2D eigenvalue weighted by Gasteiger charge is 2.55. The first kappa shape index (κ1) is 12.2. The molecular weight excluding hydrogens is 206 g/mol. The van der Waals surface area contributed by atoms with Gasteiger partial charge in [0, 0.05) is 0 Å². The van der Waals surface area contributed by atoms with Gasteiger partial charge in [0.2, 0.25) is 0 Å². The third-order valence-electron chi connectivity index (χ3n) is 3.94. The van der Waals surface area contributed by atoms with Crippen LogP contribution in [0.2, 0.25) is 0 Å². The fraction of sp³-hybridized carbons (Fsp3) is 0.562. The number of hydrogen-bond acceptors (Lipinski definition) is 1. The Morgan fingerprint density at radius 2 is 2.12 bits per heavy atom. The van der Waals surface area contributed by atoms with Gasteiger partial charge < -0.3 is 0 Å². The molecule has 1 radical (unpaired) electrons. The van der Waals surface area contributed by atoms with E-state index in [0.717, 1.165) is 6.42 Å². The summed E-state index contributed by atoms with van der Waals surface area (Å²) in [4.78, 5) is 0. The Morgan fingerprint density at radius 3 is 2.76 bits per heavy atom. The Morgan fingerprint density at radius 1 is 1.35 bits per heavy atom. The summed E-state index contributed by atoms with van der Waals surface area (Å²) < 4.78 is 0. The Bertz CT molecular complexity index is 390. The van der Waals surface area contributed by atoms with Crippen LogP contribution >= 0.6 is 0 Å². The van der Waals surface area contributed by atoms with Gasteiger partial charge >= 0.3 is 0 Å². The minimum absolute atomic E-state index is 0.165. The lowest BCUT2D eigenvalue weighted by Gasteiger charge is -2.08. The van der Waals surface area contributed by atoms with Gasteiger partial charge in [-0.15, -0.1) is 0 Å². The van der Waals surface area contributed by atoms with Crippen molar-refractivity contribution >= 4 is 0 Å². The SMILES string of the molecule is CCCCCC[C@H]1C[C@]1(C#N)c1cc[c]cc1. The number of nitriles is 1. The molecular formula is C16H20N. The van der Waals surface area contributed by atoms with Gasteiger partial charge in [0.1, 0.15) is 0 Å². The smallest absolute Gasteiger partial charge is 0.0854 e. The quantitative estimate of drug-likeness (QED) is 0.666. The zero-order valence-electron chi connectivity index (χ0n) is 10.6. The van der Waals surface area contributed by atoms with Crippen LogP contribution in [0.4, 0.5) is 0 Å². The summed E-state index contributed by atoms with van der Waals surface area (Å²) in [6, 6.07) is 13.5. The average Bonchev–Trinajstić information content (AvgIpc) is 3.11. The van der Waals surface area contributed by atoms with Crippen molar-refractivity contribution in [3.63, 3.8) is 0 Å². The van der Waals surface area contributed by atoms with Gasteiger partial charge in [-0.25, -0.2) is 0 Å². The van der Waals surface area contributed by atoms with Gasteiger partial charge in [-0.2, -0.15) is 5.26 Å². The molecule has 1 aliphatic rings. The molecule has 1 aromatic carbocycles. The average molecular weight is 226 g/mol. The molecule has 0 amide bonds. The molecule has 0 heterocycles. The second kappa shape index (κ2) is 5.36. The first-order chi connectivity index (χ1) is 8.33. The predicted molar refractivity (Wildman–Crippen MR) is 69.4 cm³/mol. The number of nitrogens with zero attached hydrogens (tertiary/aromatic N) is 1. The van der Waals surface area contributed by atoms with Crippen molar-refractivity contribution in [1.29, 1.82) is 5.26 Å². The van der Waals surface area contributed by atoms with Crippen LogP contribution in [-0.2, 0) is 5.41 Å². The second-order valence-corrected chi connectivity index (χ2v) is 5.12. The Kier molecular flexibility index (Phi) is 3.84. The number of rotatable bonds is 6. The van der Waals surface area contributed by atoms with Crippen molar-refractivity contribution in [2.75, 3.05) is 0 Å². The standard InChI is InChI=1S/C16H20N/c1-2-3-4-6-11-15-12-16(15,13-17)14-9-7-5-8-10-14/h7-10,15H,2-4,6,11-12H2,1H3/t15-,16-/m0/s1. The van der Waals surface area contributed by atoms with Crippen molar-refractivity contribution in [3.8, 4) is 6.07 Å². The number of hydrogen-bond donors (Lipinski definition) is 0. The molecule has 1 aliphatic carbocycles. The molecule has 0 N–H and O–H groups in total. The van der Waals surface area contributed by atoms with Crippen LogP contribution in [0.15, 0.2) is 24.3 Å². The fourth-order valence-electron chi connectivity index (χ4n) is 2.74. The molecule has 0 bridgehead atoms. The second-order valence-electron chi connectivity index (χ2n) is 5.12. The third-order valence-corrected chi connectivity index (χ3v) is 3.94. The van der Waals surface area contributed by atoms with E-state index in [1.807, 2.05) is 12.1 Å². The van der Waals surface area contributed by atoms with E-state index in [4.69, 9.17) is 0 Å². The van der Waals surface area contributed by atoms with Gasteiger partial charge in [-0.05, 0) is 30.4 Å². The lowest BCUT2D eigenvalue weighted by atomic mass is 9.93. The number of unbranched alkanes of at least 4 members (excludes halogenated alkanes) is 3. The molecule has 17 heavy (non-hydrogen) atoms. The molecule has 89 valence electrons. The molecule has 0 aliphatic heterocycles. The van der Waals surface area contributed by atoms with Crippen molar-refractivity contribution < 1.29 is 0 Å². The zero-order valence-corrected chi connectivity index (χ0v) is 10.6. The summed E-state index contributed by atoms with van der Waals surface area (Å²) in [5, 5.41) is 9.42. The first-order valence-corrected chi connectivity index (χ1v) is 6.71. The largest absolute Gasteiger partial charge is 0.197 e. The van der Waals surface area contributed by atoms with Crippen LogP contribution < -0.4 is 0 Å². The van der Waals surface area contributed by atoms with Crippen molar-refractivity contribution in [3.05, 3.63) is 35.9 Å². The molecule has 0 unspecified atom stereocenters. The molecule has 1 saturated carbocycles. The van der Waals surface area contributed by atoms with Crippen LogP contribution in [0.1, 0.15) is 51.0 Å². The van der Waals surface area contributed by atoms with Crippen LogP contribution in [0.3, 0.4) is 0 Å². The summed E-state index contributed by atoms with van der Waals surface area (Å²) in [6.07, 6.45) is 7.47. The van der Waals surface area contributed by atoms with E-state index in [2.05, 4.69) is 31.2 Å². The Balaban J connectivity index is 1.91. The Labute approximate surface area is 104 Å². The molecule has 0 saturated heterocycles. The monoisotopic (exact) mass is 226 g/mol. The lowest BCUT2D eigenvalue weighted by molar-refractivity contribution is 0.571. The predicted octanol–water partition coefficient (Wildman–Crippen LogP) is 4.24. The zero-order chi connectivity index (χ0) is 12.1. The first-order valence-electron chi connectivity index (χ1n) is 6.71. The maximum Gasteiger partial charge on any atom is 0.0854 e. The molecule has 0 spiro atoms. The Hall–Kier alpha value is -1.29. The van der Waals surface area contributed by atoms with Crippen molar-refractivity contribution in [2.45, 2.75) is 50.9 Å². The van der Waals surface area contributed by atoms with E-state index in [9.17, 15) is 5.26 Å². The van der Waals surface area contributed by atoms with Crippen LogP contribution in [-0.4, -0.2) is 0 Å². The molecule has 0 aromatic heterocycles. The molecule has 2 atom stereocenters. The van der Waals surface area contributed by atoms with Crippen LogP contribution in [0, 0.1) is 23.3 Å². The molecule has 1 nitrogen and oxygen atoms in total. The van der Waals surface area contributed by atoms with E-state index < -0.39 is 0 Å². The highest BCUT2D eigenvalue weighted by atomic mass is 14.6. The summed E-state index contributed by atoms with van der Waals surface area (Å²) in [7, 11) is 0. The fourth-order valence-corrected chi connectivity index (χ4v) is 2.74. The van der Waals surface area contributed by atoms with Crippen LogP contribution in [0.5, 0.6) is 0 Å². The normalized spacial score (nSPS) is 26.5. The summed E-state index contributed by atoms with van der Waals surface area (Å²) in [6.45, 7) is 2.23. The van der Waals surface area contributed by atoms with Crippen molar-refractivity contribution in [1.82, 2.24) is 0 Å². The van der Waals surface area contributed by atoms with E-state index in [0.29, 0.717) is 5.92 Å². The topological polar surface area (TPSA) is 23.8 Å². The molecule has 2 rings (SSSR count). The van der Waals surface area contributed by atoms with E-state index >= 15 is 0 Å². The lowest BCUT2D eigenvalue weighted by Crippen LogP contribution is -2.06. The van der Waals surface area contributed by atoms with E-state index in [-0.39, 0.29) is 5.41 Å². The van der Waals surface area contributed by atoms with Gasteiger partial charge in [-0.1, -0.05) is 56.9 Å². The van der Waals surface area contributed by atoms with Gasteiger partial charge in [-0.3, -0.25) is 0 Å². The summed E-state index contributed by atoms with van der Waals surface area (Å²) in [5.74, 6) is 0.590. The van der Waals surface area contributed by atoms with Gasteiger partial charge in [0.15, 0.2) is 0 Å². The van der Waals surface area contributed by atoms with Gasteiger partial charge in [0.25, 0.3) is 0 Å². The minimum Gasteiger partial charge on any atom is -0.197 e. The minimum atomic E-state index is -0.165. The summed E-state index contributed by atoms with van der Waals surface area (Å²) in [5.41, 5.74) is 1.03. The highest BCUT2D eigenvalue weighted by Crippen LogP contribution is 2.56. The van der Waals surface area contributed by atoms with E-state index in [1.165, 1.54) is 37.7 Å². The number of benzene rings is 1. The van der Waals surface area contributed by atoms with E-state index in [1.54, 1.807) is 0 Å². The van der Waals surface area contributed by atoms with Crippen molar-refractivity contribution in [2.24, 2.45) is 5.92 Å². The molecule has 1 fully saturated rings. The third kappa shape index (κ3) is 2.52. The van der Waals surface area contributed by atoms with Gasteiger partial charge in [0.05, 0.1) is 11.5 Å².